The van der Waals surface area contributed by atoms with Gasteiger partial charge in [-0.3, -0.25) is 23.7 Å². The Bertz CT molecular complexity index is 1950. The zero-order valence-corrected chi connectivity index (χ0v) is 25.5. The van der Waals surface area contributed by atoms with E-state index in [4.69, 9.17) is 4.74 Å². The quantitative estimate of drug-likeness (QED) is 0.186. The fraction of sp³-hybridized carbons (Fsp3) is 0.226. The summed E-state index contributed by atoms with van der Waals surface area (Å²) >= 11 is 1.58. The van der Waals surface area contributed by atoms with Gasteiger partial charge in [0.2, 0.25) is 17.7 Å². The molecule has 0 saturated carbocycles. The van der Waals surface area contributed by atoms with E-state index in [9.17, 15) is 45.5 Å². The molecular weight excluding hydrogens is 672 g/mol. The van der Waals surface area contributed by atoms with Gasteiger partial charge in [0.15, 0.2) is 0 Å². The molecule has 0 radical (unpaired) electrons. The number of imide groups is 1. The predicted molar refractivity (Wildman–Crippen MR) is 161 cm³/mol. The number of fused-ring (bicyclic) bond motifs is 2. The van der Waals surface area contributed by atoms with E-state index < -0.39 is 69.7 Å². The second kappa shape index (κ2) is 11.9. The molecule has 0 bridgehead atoms. The average molecular weight is 694 g/mol. The summed E-state index contributed by atoms with van der Waals surface area (Å²) in [5.74, 6) is -3.92. The lowest BCUT2D eigenvalue weighted by Crippen LogP contribution is -2.33. The number of nitrogens with one attached hydrogen (secondary N) is 1. The van der Waals surface area contributed by atoms with Crippen LogP contribution in [0.5, 0.6) is 5.75 Å². The number of hydrogen-bond donors (Lipinski definition) is 1. The smallest absolute Gasteiger partial charge is 0.416 e. The minimum atomic E-state index is -4.73. The maximum Gasteiger partial charge on any atom is 0.416 e. The molecule has 3 heterocycles. The van der Waals surface area contributed by atoms with E-state index in [1.54, 1.807) is 24.3 Å². The highest BCUT2D eigenvalue weighted by atomic mass is 32.2. The number of rotatable bonds is 6. The molecule has 4 aromatic rings. The molecule has 3 amide bonds. The van der Waals surface area contributed by atoms with Crippen molar-refractivity contribution >= 4 is 52.2 Å². The van der Waals surface area contributed by atoms with Gasteiger partial charge >= 0.3 is 17.2 Å². The number of methoxy groups -OCH3 is 1. The number of anilines is 2. The first-order chi connectivity index (χ1) is 22.2. The van der Waals surface area contributed by atoms with E-state index in [2.05, 4.69) is 5.32 Å². The van der Waals surface area contributed by atoms with E-state index in [1.165, 1.54) is 19.2 Å². The van der Waals surface area contributed by atoms with Crippen LogP contribution in [0.2, 0.25) is 0 Å². The van der Waals surface area contributed by atoms with Crippen molar-refractivity contribution in [2.24, 2.45) is 5.92 Å². The number of carbonyl (C=O) groups excluding carboxylic acids is 3. The number of benzene rings is 3. The lowest BCUT2D eigenvalue weighted by Gasteiger charge is -2.30. The number of amides is 3. The molecule has 3 atom stereocenters. The van der Waals surface area contributed by atoms with Gasteiger partial charge in [-0.15, -0.1) is 0 Å². The second-order valence-electron chi connectivity index (χ2n) is 10.6. The Labute approximate surface area is 269 Å². The number of carbonyl (C=O) groups is 3. The number of ether oxygens (including phenoxy) is 1. The summed E-state index contributed by atoms with van der Waals surface area (Å²) in [5.41, 5.74) is -1.95. The summed E-state index contributed by atoms with van der Waals surface area (Å²) in [4.78, 5) is 54.5. The molecule has 1 saturated heterocycles. The molecule has 3 aromatic carbocycles. The van der Waals surface area contributed by atoms with Crippen LogP contribution < -0.4 is 19.8 Å². The van der Waals surface area contributed by atoms with Crippen LogP contribution in [-0.4, -0.2) is 34.6 Å². The van der Waals surface area contributed by atoms with Crippen LogP contribution in [0.3, 0.4) is 0 Å². The molecule has 1 fully saturated rings. The summed E-state index contributed by atoms with van der Waals surface area (Å²) < 4.78 is 86.3. The van der Waals surface area contributed by atoms with Gasteiger partial charge in [-0.1, -0.05) is 47.4 Å². The first kappa shape index (κ1) is 32.4. The molecule has 244 valence electrons. The Balaban J connectivity index is 1.39. The van der Waals surface area contributed by atoms with Gasteiger partial charge in [-0.05, 0) is 54.1 Å². The third-order valence-electron chi connectivity index (χ3n) is 7.73. The predicted octanol–water partition coefficient (Wildman–Crippen LogP) is 6.39. The Morgan fingerprint density at radius 1 is 0.872 bits per heavy atom. The molecular formula is C31H21F6N3O5S2. The molecule has 0 aliphatic carbocycles. The van der Waals surface area contributed by atoms with Crippen molar-refractivity contribution in [1.29, 1.82) is 0 Å². The number of aromatic nitrogens is 1. The minimum absolute atomic E-state index is 0.154. The van der Waals surface area contributed by atoms with Crippen molar-refractivity contribution in [2.45, 2.75) is 35.1 Å². The zero-order chi connectivity index (χ0) is 33.8. The Morgan fingerprint density at radius 3 is 2.15 bits per heavy atom. The first-order valence-corrected chi connectivity index (χ1v) is 15.4. The molecule has 8 nitrogen and oxygen atoms in total. The van der Waals surface area contributed by atoms with Gasteiger partial charge in [0.05, 0.1) is 34.9 Å². The topological polar surface area (TPSA) is 97.7 Å². The van der Waals surface area contributed by atoms with Crippen LogP contribution in [0.4, 0.5) is 37.7 Å². The molecule has 16 heteroatoms. The fourth-order valence-electron chi connectivity index (χ4n) is 5.62. The van der Waals surface area contributed by atoms with Gasteiger partial charge < -0.3 is 10.1 Å². The SMILES string of the molecule is COc1ccc(C2c3sc(=O)n(CC(=O)Nc4cccc(C(F)(F)F)c4)c3SC3C(=O)N(c4cccc(C(F)(F)F)c4)C(=O)C32)cc1. The van der Waals surface area contributed by atoms with Crippen molar-refractivity contribution in [3.63, 3.8) is 0 Å². The van der Waals surface area contributed by atoms with E-state index in [-0.39, 0.29) is 16.4 Å². The molecule has 6 rings (SSSR count). The second-order valence-corrected chi connectivity index (χ2v) is 12.7. The molecule has 1 aromatic heterocycles. The van der Waals surface area contributed by atoms with Gasteiger partial charge in [0.1, 0.15) is 17.5 Å². The van der Waals surface area contributed by atoms with Crippen molar-refractivity contribution < 1.29 is 45.5 Å². The number of alkyl halides is 6. The number of thioether (sulfide) groups is 1. The van der Waals surface area contributed by atoms with Crippen molar-refractivity contribution in [2.75, 3.05) is 17.3 Å². The number of nitrogens with zero attached hydrogens (tertiary/aromatic N) is 2. The highest BCUT2D eigenvalue weighted by Gasteiger charge is 2.57. The summed E-state index contributed by atoms with van der Waals surface area (Å²) in [6.07, 6.45) is -9.38. The highest BCUT2D eigenvalue weighted by molar-refractivity contribution is 8.00. The first-order valence-electron chi connectivity index (χ1n) is 13.7. The number of halogens is 6. The standard InChI is InChI=1S/C31H21F6N3O5S2/c1-45-20-10-8-15(9-11-20)22-23-24(27(43)40(26(23)42)19-7-3-5-17(13-19)31(35,36)37)46-28-25(22)47-29(44)39(28)14-21(41)38-18-6-2-4-16(12-18)30(32,33)34/h2-13,22-24H,14H2,1H3,(H,38,41). The lowest BCUT2D eigenvalue weighted by atomic mass is 9.83. The normalized spacial score (nSPS) is 19.4. The van der Waals surface area contributed by atoms with Crippen LogP contribution in [0.15, 0.2) is 82.6 Å². The van der Waals surface area contributed by atoms with Crippen molar-refractivity contribution in [3.8, 4) is 5.75 Å². The molecule has 47 heavy (non-hydrogen) atoms. The van der Waals surface area contributed by atoms with Crippen molar-refractivity contribution in [3.05, 3.63) is 104 Å². The molecule has 0 spiro atoms. The Hall–Kier alpha value is -4.57. The monoisotopic (exact) mass is 693 g/mol. The van der Waals surface area contributed by atoms with Gasteiger partial charge in [0.25, 0.3) is 0 Å². The van der Waals surface area contributed by atoms with Gasteiger partial charge in [-0.2, -0.15) is 26.3 Å². The van der Waals surface area contributed by atoms with E-state index in [0.29, 0.717) is 27.2 Å². The molecule has 1 N–H and O–H groups in total. The van der Waals surface area contributed by atoms with Crippen LogP contribution >= 0.6 is 23.1 Å². The lowest BCUT2D eigenvalue weighted by molar-refractivity contribution is -0.138. The van der Waals surface area contributed by atoms with Crippen LogP contribution in [0, 0.1) is 5.92 Å². The zero-order valence-electron chi connectivity index (χ0n) is 23.9. The van der Waals surface area contributed by atoms with E-state index in [1.807, 2.05) is 0 Å². The van der Waals surface area contributed by atoms with Crippen molar-refractivity contribution in [1.82, 2.24) is 4.57 Å². The van der Waals surface area contributed by atoms with Crippen LogP contribution in [-0.2, 0) is 33.3 Å². The summed E-state index contributed by atoms with van der Waals surface area (Å²) in [5, 5.41) is 1.36. The largest absolute Gasteiger partial charge is 0.497 e. The fourth-order valence-corrected chi connectivity index (χ4v) is 8.39. The number of hydrogen-bond acceptors (Lipinski definition) is 7. The highest BCUT2D eigenvalue weighted by Crippen LogP contribution is 2.54. The van der Waals surface area contributed by atoms with Gasteiger partial charge in [0, 0.05) is 16.5 Å². The summed E-state index contributed by atoms with van der Waals surface area (Å²) in [6, 6.07) is 14.3. The van der Waals surface area contributed by atoms with Crippen LogP contribution in [0.25, 0.3) is 0 Å². The third kappa shape index (κ3) is 6.02. The maximum absolute atomic E-state index is 14.0. The summed E-state index contributed by atoms with van der Waals surface area (Å²) in [7, 11) is 1.45. The molecule has 2 aliphatic rings. The molecule has 3 unspecified atom stereocenters. The summed E-state index contributed by atoms with van der Waals surface area (Å²) in [6.45, 7) is -0.625. The van der Waals surface area contributed by atoms with Crippen LogP contribution in [0.1, 0.15) is 27.5 Å². The van der Waals surface area contributed by atoms with E-state index >= 15 is 0 Å². The third-order valence-corrected chi connectivity index (χ3v) is 10.3. The Morgan fingerprint density at radius 2 is 1.51 bits per heavy atom. The Kier molecular flexibility index (Phi) is 8.20. The molecule has 2 aliphatic heterocycles. The average Bonchev–Trinajstić information content (AvgIpc) is 3.46. The van der Waals surface area contributed by atoms with Gasteiger partial charge in [-0.25, -0.2) is 4.90 Å². The minimum Gasteiger partial charge on any atom is -0.497 e. The number of thiazole rings is 1. The maximum atomic E-state index is 14.0. The van der Waals surface area contributed by atoms with E-state index in [0.717, 1.165) is 58.0 Å².